The van der Waals surface area contributed by atoms with E-state index < -0.39 is 5.82 Å². The Balaban J connectivity index is 1.85. The first-order chi connectivity index (χ1) is 9.69. The summed E-state index contributed by atoms with van der Waals surface area (Å²) in [6.45, 7) is 2.42. The van der Waals surface area contributed by atoms with Gasteiger partial charge in [0.25, 0.3) is 0 Å². The lowest BCUT2D eigenvalue weighted by molar-refractivity contribution is 0.629. The summed E-state index contributed by atoms with van der Waals surface area (Å²) in [5, 5.41) is 13.7. The van der Waals surface area contributed by atoms with E-state index in [1.54, 1.807) is 23.5 Å². The molecule has 3 rings (SSSR count). The van der Waals surface area contributed by atoms with Crippen LogP contribution in [0.15, 0.2) is 29.8 Å². The third-order valence-corrected chi connectivity index (χ3v) is 3.86. The minimum atomic E-state index is -0.423. The van der Waals surface area contributed by atoms with Crippen LogP contribution in [0, 0.1) is 24.1 Å². The van der Waals surface area contributed by atoms with Crippen LogP contribution in [-0.2, 0) is 6.54 Å². The van der Waals surface area contributed by atoms with E-state index in [0.717, 1.165) is 16.3 Å². The molecule has 0 aliphatic heterocycles. The fourth-order valence-corrected chi connectivity index (χ4v) is 2.84. The van der Waals surface area contributed by atoms with Gasteiger partial charge in [-0.15, -0.1) is 11.3 Å². The molecule has 2 heterocycles. The fraction of sp³-hybridized carbons (Fsp3) is 0.143. The van der Waals surface area contributed by atoms with Crippen molar-refractivity contribution in [3.63, 3.8) is 0 Å². The summed E-state index contributed by atoms with van der Waals surface area (Å²) in [6, 6.07) is 6.31. The number of aryl methyl sites for hydroxylation is 1. The second-order valence-corrected chi connectivity index (χ2v) is 5.23. The Morgan fingerprint density at radius 2 is 2.35 bits per heavy atom. The van der Waals surface area contributed by atoms with Crippen LogP contribution in [0.3, 0.4) is 0 Å². The lowest BCUT2D eigenvalue weighted by Gasteiger charge is -2.08. The quantitative estimate of drug-likeness (QED) is 0.803. The van der Waals surface area contributed by atoms with Gasteiger partial charge in [0.1, 0.15) is 5.82 Å². The largest absolute Gasteiger partial charge is 0.377 e. The molecule has 0 saturated heterocycles. The maximum absolute atomic E-state index is 13.8. The van der Waals surface area contributed by atoms with Crippen LogP contribution in [0.5, 0.6) is 0 Å². The smallest absolute Gasteiger partial charge is 0.194 e. The zero-order valence-corrected chi connectivity index (χ0v) is 11.5. The number of thiazole rings is 1. The molecule has 3 aromatic rings. The van der Waals surface area contributed by atoms with Gasteiger partial charge in [-0.25, -0.2) is 9.37 Å². The van der Waals surface area contributed by atoms with Gasteiger partial charge in [-0.1, -0.05) is 0 Å². The second-order valence-electron chi connectivity index (χ2n) is 4.36. The van der Waals surface area contributed by atoms with Crippen molar-refractivity contribution in [3.8, 4) is 6.07 Å². The first-order valence-electron chi connectivity index (χ1n) is 6.03. The molecule has 0 aliphatic carbocycles. The normalized spacial score (nSPS) is 10.7. The molecule has 0 atom stereocenters. The Bertz CT molecular complexity index is 812. The number of anilines is 1. The van der Waals surface area contributed by atoms with Crippen LogP contribution in [0.1, 0.15) is 17.0 Å². The molecule has 6 heteroatoms. The maximum atomic E-state index is 13.8. The van der Waals surface area contributed by atoms with Crippen LogP contribution in [0.4, 0.5) is 10.1 Å². The summed E-state index contributed by atoms with van der Waals surface area (Å²) in [4.78, 5) is 5.37. The summed E-state index contributed by atoms with van der Waals surface area (Å²) in [6.07, 6.45) is 1.95. The molecule has 0 amide bonds. The number of aromatic nitrogens is 2. The van der Waals surface area contributed by atoms with Crippen molar-refractivity contribution in [1.29, 1.82) is 5.26 Å². The van der Waals surface area contributed by atoms with Crippen molar-refractivity contribution < 1.29 is 4.39 Å². The van der Waals surface area contributed by atoms with Gasteiger partial charge in [0.05, 0.1) is 35.3 Å². The number of halogens is 1. The van der Waals surface area contributed by atoms with Gasteiger partial charge < -0.3 is 5.32 Å². The Labute approximate surface area is 119 Å². The summed E-state index contributed by atoms with van der Waals surface area (Å²) >= 11 is 1.57. The SMILES string of the molecule is Cc1nc2sccn2c1CNc1ccc(C#N)cc1F. The number of fused-ring (bicyclic) bond motifs is 1. The van der Waals surface area contributed by atoms with Gasteiger partial charge in [-0.2, -0.15) is 5.26 Å². The van der Waals surface area contributed by atoms with Crippen LogP contribution in [0.2, 0.25) is 0 Å². The summed E-state index contributed by atoms with van der Waals surface area (Å²) in [7, 11) is 0. The molecule has 0 fully saturated rings. The fourth-order valence-electron chi connectivity index (χ4n) is 2.06. The third kappa shape index (κ3) is 2.12. The molecule has 2 aromatic heterocycles. The molecule has 0 unspecified atom stereocenters. The molecule has 0 radical (unpaired) electrons. The first-order valence-corrected chi connectivity index (χ1v) is 6.91. The van der Waals surface area contributed by atoms with Gasteiger partial charge in [-0.3, -0.25) is 4.40 Å². The van der Waals surface area contributed by atoms with E-state index in [1.165, 1.54) is 6.07 Å². The Kier molecular flexibility index (Phi) is 3.12. The number of nitrogens with zero attached hydrogens (tertiary/aromatic N) is 3. The van der Waals surface area contributed by atoms with E-state index in [9.17, 15) is 4.39 Å². The molecular formula is C14H11FN4S. The van der Waals surface area contributed by atoms with E-state index >= 15 is 0 Å². The summed E-state index contributed by atoms with van der Waals surface area (Å²) in [5.41, 5.74) is 2.63. The van der Waals surface area contributed by atoms with Crippen molar-refractivity contribution in [2.45, 2.75) is 13.5 Å². The second kappa shape index (κ2) is 4.94. The van der Waals surface area contributed by atoms with E-state index in [-0.39, 0.29) is 0 Å². The van der Waals surface area contributed by atoms with E-state index in [1.807, 2.05) is 29.0 Å². The van der Waals surface area contributed by atoms with Gasteiger partial charge in [0.2, 0.25) is 0 Å². The number of hydrogen-bond acceptors (Lipinski definition) is 4. The zero-order chi connectivity index (χ0) is 14.1. The van der Waals surface area contributed by atoms with Gasteiger partial charge in [-0.05, 0) is 25.1 Å². The highest BCUT2D eigenvalue weighted by molar-refractivity contribution is 7.15. The number of nitrogens with one attached hydrogen (secondary N) is 1. The number of benzene rings is 1. The predicted molar refractivity (Wildman–Crippen MR) is 76.2 cm³/mol. The Morgan fingerprint density at radius 3 is 3.10 bits per heavy atom. The van der Waals surface area contributed by atoms with Crippen molar-refractivity contribution in [2.75, 3.05) is 5.32 Å². The molecule has 100 valence electrons. The third-order valence-electron chi connectivity index (χ3n) is 3.11. The average molecular weight is 286 g/mol. The van der Waals surface area contributed by atoms with Crippen molar-refractivity contribution >= 4 is 22.0 Å². The first kappa shape index (κ1) is 12.6. The lowest BCUT2D eigenvalue weighted by atomic mass is 10.2. The number of hydrogen-bond donors (Lipinski definition) is 1. The average Bonchev–Trinajstić information content (AvgIpc) is 2.98. The van der Waals surface area contributed by atoms with Crippen LogP contribution < -0.4 is 5.32 Å². The summed E-state index contributed by atoms with van der Waals surface area (Å²) in [5.74, 6) is -0.423. The predicted octanol–water partition coefficient (Wildman–Crippen LogP) is 3.33. The molecule has 0 bridgehead atoms. The number of nitriles is 1. The van der Waals surface area contributed by atoms with E-state index in [4.69, 9.17) is 5.26 Å². The minimum Gasteiger partial charge on any atom is -0.377 e. The van der Waals surface area contributed by atoms with Gasteiger partial charge in [0.15, 0.2) is 4.96 Å². The monoisotopic (exact) mass is 286 g/mol. The Hall–Kier alpha value is -2.39. The maximum Gasteiger partial charge on any atom is 0.194 e. The standard InChI is InChI=1S/C14H11FN4S/c1-9-13(19-4-5-20-14(19)18-9)8-17-12-3-2-10(7-16)6-11(12)15/h2-6,17H,8H2,1H3. The molecule has 1 N–H and O–H groups in total. The zero-order valence-electron chi connectivity index (χ0n) is 10.7. The van der Waals surface area contributed by atoms with E-state index in [2.05, 4.69) is 10.3 Å². The Morgan fingerprint density at radius 1 is 1.50 bits per heavy atom. The number of imidazole rings is 1. The molecule has 1 aromatic carbocycles. The molecule has 20 heavy (non-hydrogen) atoms. The van der Waals surface area contributed by atoms with Gasteiger partial charge >= 0.3 is 0 Å². The topological polar surface area (TPSA) is 53.1 Å². The molecular weight excluding hydrogens is 275 g/mol. The molecule has 4 nitrogen and oxygen atoms in total. The molecule has 0 saturated carbocycles. The highest BCUT2D eigenvalue weighted by Gasteiger charge is 2.10. The van der Waals surface area contributed by atoms with Gasteiger partial charge in [0, 0.05) is 11.6 Å². The highest BCUT2D eigenvalue weighted by Crippen LogP contribution is 2.20. The van der Waals surface area contributed by atoms with Crippen molar-refractivity contribution in [3.05, 3.63) is 52.5 Å². The summed E-state index contributed by atoms with van der Waals surface area (Å²) < 4.78 is 15.8. The molecule has 0 spiro atoms. The van der Waals surface area contributed by atoms with Crippen LogP contribution in [0.25, 0.3) is 4.96 Å². The van der Waals surface area contributed by atoms with Crippen molar-refractivity contribution in [2.24, 2.45) is 0 Å². The van der Waals surface area contributed by atoms with E-state index in [0.29, 0.717) is 17.8 Å². The number of rotatable bonds is 3. The van der Waals surface area contributed by atoms with Crippen molar-refractivity contribution in [1.82, 2.24) is 9.38 Å². The van der Waals surface area contributed by atoms with Crippen LogP contribution in [-0.4, -0.2) is 9.38 Å². The lowest BCUT2D eigenvalue weighted by Crippen LogP contribution is -2.05. The molecule has 0 aliphatic rings. The van der Waals surface area contributed by atoms with Crippen LogP contribution >= 0.6 is 11.3 Å². The highest BCUT2D eigenvalue weighted by atomic mass is 32.1. The minimum absolute atomic E-state index is 0.314.